The van der Waals surface area contributed by atoms with Crippen molar-refractivity contribution in [2.75, 3.05) is 57.4 Å². The summed E-state index contributed by atoms with van der Waals surface area (Å²) in [4.78, 5) is 42.8. The van der Waals surface area contributed by atoms with Gasteiger partial charge in [0.15, 0.2) is 0 Å². The summed E-state index contributed by atoms with van der Waals surface area (Å²) in [6.07, 6.45) is 5.01. The smallest absolute Gasteiger partial charge is 0.326 e. The second-order valence-corrected chi connectivity index (χ2v) is 8.37. The molecular formula is C24H31N3O5. The molecule has 8 heteroatoms. The number of ether oxygens (including phenoxy) is 2. The van der Waals surface area contributed by atoms with Gasteiger partial charge in [0, 0.05) is 32.7 Å². The number of likely N-dealkylation sites (tertiary alicyclic amines) is 1. The van der Waals surface area contributed by atoms with Crippen LogP contribution in [0.25, 0.3) is 0 Å². The fourth-order valence-electron chi connectivity index (χ4n) is 4.70. The Morgan fingerprint density at radius 3 is 2.31 bits per heavy atom. The Balaban J connectivity index is 1.19. The van der Waals surface area contributed by atoms with E-state index in [9.17, 15) is 14.4 Å². The largest absolute Gasteiger partial charge is 0.492 e. The maximum atomic E-state index is 12.5. The molecule has 8 nitrogen and oxygen atoms in total. The Morgan fingerprint density at radius 1 is 1.00 bits per heavy atom. The summed E-state index contributed by atoms with van der Waals surface area (Å²) in [5.41, 5.74) is 1.11. The molecule has 0 bridgehead atoms. The highest BCUT2D eigenvalue weighted by Crippen LogP contribution is 2.35. The average molecular weight is 442 g/mol. The van der Waals surface area contributed by atoms with Gasteiger partial charge in [-0.05, 0) is 31.9 Å². The second-order valence-electron chi connectivity index (χ2n) is 8.37. The lowest BCUT2D eigenvalue weighted by Gasteiger charge is -2.36. The fourth-order valence-corrected chi connectivity index (χ4v) is 4.70. The van der Waals surface area contributed by atoms with Gasteiger partial charge in [-0.1, -0.05) is 24.3 Å². The molecule has 0 radical (unpaired) electrons. The number of fused-ring (bicyclic) bond motifs is 1. The van der Waals surface area contributed by atoms with Crippen molar-refractivity contribution in [3.05, 3.63) is 36.4 Å². The van der Waals surface area contributed by atoms with Crippen LogP contribution in [0.15, 0.2) is 36.4 Å². The highest BCUT2D eigenvalue weighted by Gasteiger charge is 2.47. The number of amides is 2. The van der Waals surface area contributed by atoms with Crippen molar-refractivity contribution in [3.63, 3.8) is 0 Å². The molecule has 172 valence electrons. The first-order chi connectivity index (χ1) is 15.6. The third-order valence-corrected chi connectivity index (χ3v) is 6.43. The minimum Gasteiger partial charge on any atom is -0.492 e. The summed E-state index contributed by atoms with van der Waals surface area (Å²) >= 11 is 0. The van der Waals surface area contributed by atoms with Gasteiger partial charge in [0.25, 0.3) is 0 Å². The predicted octanol–water partition coefficient (Wildman–Crippen LogP) is 1.70. The maximum absolute atomic E-state index is 12.5. The first-order valence-electron chi connectivity index (χ1n) is 11.4. The number of carbonyl (C=O) groups is 3. The van der Waals surface area contributed by atoms with Crippen LogP contribution in [-0.4, -0.2) is 80.1 Å². The molecule has 2 heterocycles. The standard InChI is InChI=1S/C24H31N3O5/c1-2-31-21-10-6-5-9-20(21)26-13-11-25(12-14-26)15-16-32-22(28)17-27-23(29)18-7-3-4-8-19(18)24(27)30/h3-6,9-10,18-19H,2,7-8,11-17H2,1H3. The number of nitrogens with zero attached hydrogens (tertiary/aromatic N) is 3. The first kappa shape index (κ1) is 22.3. The molecule has 1 aromatic carbocycles. The van der Waals surface area contributed by atoms with E-state index in [4.69, 9.17) is 9.47 Å². The number of para-hydroxylation sites is 2. The number of allylic oxidation sites excluding steroid dienone is 2. The van der Waals surface area contributed by atoms with E-state index in [1.807, 2.05) is 37.3 Å². The molecule has 2 fully saturated rings. The van der Waals surface area contributed by atoms with Crippen LogP contribution in [-0.2, 0) is 19.1 Å². The second kappa shape index (κ2) is 10.2. The molecule has 0 saturated carbocycles. The summed E-state index contributed by atoms with van der Waals surface area (Å²) in [5.74, 6) is -0.745. The molecule has 1 aliphatic carbocycles. The molecule has 1 aromatic rings. The number of rotatable bonds is 8. The van der Waals surface area contributed by atoms with Gasteiger partial charge in [0.2, 0.25) is 11.8 Å². The zero-order valence-corrected chi connectivity index (χ0v) is 18.6. The molecule has 2 unspecified atom stereocenters. The maximum Gasteiger partial charge on any atom is 0.326 e. The number of carbonyl (C=O) groups excluding carboxylic acids is 3. The average Bonchev–Trinajstić information content (AvgIpc) is 3.05. The van der Waals surface area contributed by atoms with E-state index in [-0.39, 0.29) is 36.8 Å². The van der Waals surface area contributed by atoms with Crippen molar-refractivity contribution < 1.29 is 23.9 Å². The lowest BCUT2D eigenvalue weighted by Crippen LogP contribution is -2.47. The number of benzene rings is 1. The van der Waals surface area contributed by atoms with Crippen molar-refractivity contribution in [3.8, 4) is 5.75 Å². The highest BCUT2D eigenvalue weighted by molar-refractivity contribution is 6.07. The van der Waals surface area contributed by atoms with Crippen molar-refractivity contribution in [1.82, 2.24) is 9.80 Å². The minimum atomic E-state index is -0.525. The normalized spacial score (nSPS) is 23.4. The van der Waals surface area contributed by atoms with Gasteiger partial charge in [0.05, 0.1) is 24.1 Å². The van der Waals surface area contributed by atoms with Crippen LogP contribution in [0.2, 0.25) is 0 Å². The van der Waals surface area contributed by atoms with Gasteiger partial charge >= 0.3 is 5.97 Å². The van der Waals surface area contributed by atoms with Crippen LogP contribution in [0.3, 0.4) is 0 Å². The van der Waals surface area contributed by atoms with E-state index in [0.29, 0.717) is 26.0 Å². The molecular weight excluding hydrogens is 410 g/mol. The fraction of sp³-hybridized carbons (Fsp3) is 0.542. The third kappa shape index (κ3) is 4.80. The van der Waals surface area contributed by atoms with E-state index >= 15 is 0 Å². The van der Waals surface area contributed by atoms with E-state index in [1.54, 1.807) is 0 Å². The summed E-state index contributed by atoms with van der Waals surface area (Å²) in [6.45, 7) is 6.66. The number of anilines is 1. The lowest BCUT2D eigenvalue weighted by molar-refractivity contribution is -0.153. The van der Waals surface area contributed by atoms with Gasteiger partial charge < -0.3 is 14.4 Å². The Hall–Kier alpha value is -2.87. The van der Waals surface area contributed by atoms with Crippen LogP contribution in [0.5, 0.6) is 5.75 Å². The summed E-state index contributed by atoms with van der Waals surface area (Å²) in [7, 11) is 0. The first-order valence-corrected chi connectivity index (χ1v) is 11.4. The van der Waals surface area contributed by atoms with Crippen molar-refractivity contribution in [1.29, 1.82) is 0 Å². The zero-order chi connectivity index (χ0) is 22.5. The molecule has 2 aliphatic heterocycles. The summed E-state index contributed by atoms with van der Waals surface area (Å²) in [5, 5.41) is 0. The van der Waals surface area contributed by atoms with E-state index < -0.39 is 5.97 Å². The zero-order valence-electron chi connectivity index (χ0n) is 18.6. The Morgan fingerprint density at radius 2 is 1.66 bits per heavy atom. The van der Waals surface area contributed by atoms with Crippen molar-refractivity contribution in [2.24, 2.45) is 11.8 Å². The van der Waals surface area contributed by atoms with Crippen LogP contribution < -0.4 is 9.64 Å². The van der Waals surface area contributed by atoms with Crippen LogP contribution in [0.4, 0.5) is 5.69 Å². The SMILES string of the molecule is CCOc1ccccc1N1CCN(CCOC(=O)CN2C(=O)C3CC=CCC3C2=O)CC1. The Kier molecular flexibility index (Phi) is 7.09. The van der Waals surface area contributed by atoms with E-state index in [0.717, 1.165) is 42.5 Å². The number of hydrogen-bond acceptors (Lipinski definition) is 7. The van der Waals surface area contributed by atoms with Crippen molar-refractivity contribution >= 4 is 23.5 Å². The molecule has 3 aliphatic rings. The van der Waals surface area contributed by atoms with Crippen LogP contribution in [0, 0.1) is 11.8 Å². The Bertz CT molecular complexity index is 852. The van der Waals surface area contributed by atoms with Gasteiger partial charge in [-0.15, -0.1) is 0 Å². The number of hydrogen-bond donors (Lipinski definition) is 0. The highest BCUT2D eigenvalue weighted by atomic mass is 16.5. The summed E-state index contributed by atoms with van der Waals surface area (Å²) in [6, 6.07) is 8.07. The molecule has 0 N–H and O–H groups in total. The quantitative estimate of drug-likeness (QED) is 0.345. The van der Waals surface area contributed by atoms with Crippen molar-refractivity contribution in [2.45, 2.75) is 19.8 Å². The van der Waals surface area contributed by atoms with E-state index in [2.05, 4.69) is 15.9 Å². The van der Waals surface area contributed by atoms with Gasteiger partial charge in [-0.3, -0.25) is 24.2 Å². The number of esters is 1. The van der Waals surface area contributed by atoms with E-state index in [1.165, 1.54) is 0 Å². The number of piperazine rings is 1. The lowest BCUT2D eigenvalue weighted by atomic mass is 9.85. The van der Waals surface area contributed by atoms with Gasteiger partial charge in [0.1, 0.15) is 18.9 Å². The van der Waals surface area contributed by atoms with Crippen LogP contribution >= 0.6 is 0 Å². The Labute approximate surface area is 188 Å². The van der Waals surface area contributed by atoms with Gasteiger partial charge in [-0.2, -0.15) is 0 Å². The number of imide groups is 1. The molecule has 2 atom stereocenters. The predicted molar refractivity (Wildman–Crippen MR) is 119 cm³/mol. The molecule has 2 saturated heterocycles. The molecule has 0 aromatic heterocycles. The summed E-state index contributed by atoms with van der Waals surface area (Å²) < 4.78 is 11.1. The minimum absolute atomic E-state index is 0.246. The molecule has 4 rings (SSSR count). The molecule has 2 amide bonds. The molecule has 0 spiro atoms. The van der Waals surface area contributed by atoms with Crippen LogP contribution in [0.1, 0.15) is 19.8 Å². The topological polar surface area (TPSA) is 79.4 Å². The third-order valence-electron chi connectivity index (χ3n) is 6.43. The molecule has 32 heavy (non-hydrogen) atoms. The monoisotopic (exact) mass is 441 g/mol. The van der Waals surface area contributed by atoms with Gasteiger partial charge in [-0.25, -0.2) is 0 Å².